The number of benzene rings is 4. The van der Waals surface area contributed by atoms with Crippen molar-refractivity contribution in [2.75, 3.05) is 33.9 Å². The van der Waals surface area contributed by atoms with Crippen molar-refractivity contribution in [3.63, 3.8) is 0 Å². The number of ether oxygens (including phenoxy) is 2. The maximum Gasteiger partial charge on any atom is 0.339 e. The van der Waals surface area contributed by atoms with Gasteiger partial charge in [-0.3, -0.25) is 14.4 Å². The van der Waals surface area contributed by atoms with Gasteiger partial charge >= 0.3 is 6.07 Å². The quantitative estimate of drug-likeness (QED) is 0.0457. The number of alkyl halides is 4. The fourth-order valence-electron chi connectivity index (χ4n) is 11.3. The predicted octanol–water partition coefficient (Wildman–Crippen LogP) is 14.5. The summed E-state index contributed by atoms with van der Waals surface area (Å²) in [7, 11) is 0. The Morgan fingerprint density at radius 2 is 1.12 bits per heavy atom. The summed E-state index contributed by atoms with van der Waals surface area (Å²) in [4.78, 5) is 39.9. The number of carbonyl (C=O) groups excluding carboxylic acids is 3. The first-order valence-corrected chi connectivity index (χ1v) is 26.9. The minimum atomic E-state index is -2.68. The number of rotatable bonds is 17. The lowest BCUT2D eigenvalue weighted by atomic mass is 9.88. The Morgan fingerprint density at radius 3 is 1.55 bits per heavy atom. The number of nitrogens with two attached hydrogens (primary N) is 1. The minimum absolute atomic E-state index is 0.0525. The molecule has 1 amide bonds. The summed E-state index contributed by atoms with van der Waals surface area (Å²) in [5.74, 6) is -8.21. The van der Waals surface area contributed by atoms with Crippen molar-refractivity contribution in [1.82, 2.24) is 0 Å². The normalized spacial score (nSPS) is 18.3. The molecular formula is C59H71F8N5O6. The van der Waals surface area contributed by atoms with E-state index in [1.165, 1.54) is 6.07 Å². The van der Waals surface area contributed by atoms with Crippen LogP contribution in [0.4, 0.5) is 57.9 Å². The molecule has 0 radical (unpaired) electrons. The maximum atomic E-state index is 14.3. The van der Waals surface area contributed by atoms with Crippen LogP contribution in [0.3, 0.4) is 0 Å². The Balaban J connectivity index is 0.000000218. The zero-order chi connectivity index (χ0) is 56.8. The van der Waals surface area contributed by atoms with E-state index in [4.69, 9.17) is 15.2 Å². The molecule has 0 aromatic heterocycles. The standard InChI is InChI=1S/C30H36F4N2O3.C22H32F2N2O2.C7H3F2NO/c1-20(2)18-36(24-9-13-30(33,34)14-10-24)27-8-6-22(29(39-19-37)11-3-4-12-29)16-26(27)35-28(38)15-21-5-7-23(31)17-25(21)32;1-16(2)14-26(18-7-11-22(23,24)12-8-18)20-6-5-17(13-19(20)25)21(28-15-27)9-3-4-10-21;8-6-2-1-5(4-10-11)7(9)3-6/h5-8,16-17,19-20,24H,3-4,9-15,18H2,1-2H3,(H,35,38);5-6,13,15-16,18H,3-4,7-12,14,25H2,1-2H3;1-3H. The molecule has 78 heavy (non-hydrogen) atoms. The molecule has 8 rings (SSSR count). The third-order valence-electron chi connectivity index (χ3n) is 15.2. The number of hydrogen-bond donors (Lipinski definition) is 2. The SMILES string of the molecule is CC(C)CN(c1ccc(C2(OC=O)CCCC2)cc1N)C1CCC(F)(F)CC1.CC(C)CN(c1ccc(C2(OC=O)CCCC2)cc1NC(=O)Cc1ccc(F)cc1F)C1CCC(F)(F)CC1.[O-][N+]#Cc1ccc(F)cc1F. The Bertz CT molecular complexity index is 2720. The number of carbonyl (C=O) groups is 3. The first kappa shape index (κ1) is 60.6. The van der Waals surface area contributed by atoms with Gasteiger partial charge in [0, 0.05) is 68.0 Å². The molecular weight excluding hydrogens is 1030 g/mol. The molecule has 4 aromatic rings. The number of nitrogens with zero attached hydrogens (tertiary/aromatic N) is 3. The number of nitrogens with one attached hydrogen (secondary N) is 1. The summed E-state index contributed by atoms with van der Waals surface area (Å²) in [6, 6.07) is 19.0. The Labute approximate surface area is 451 Å². The molecule has 424 valence electrons. The van der Waals surface area contributed by atoms with Crippen molar-refractivity contribution in [1.29, 1.82) is 0 Å². The highest BCUT2D eigenvalue weighted by molar-refractivity contribution is 5.96. The molecule has 0 heterocycles. The van der Waals surface area contributed by atoms with Crippen LogP contribution >= 0.6 is 0 Å². The van der Waals surface area contributed by atoms with Gasteiger partial charge < -0.3 is 35.5 Å². The second kappa shape index (κ2) is 26.9. The van der Waals surface area contributed by atoms with E-state index in [1.807, 2.05) is 50.2 Å². The summed E-state index contributed by atoms with van der Waals surface area (Å²) in [5.41, 5.74) is 9.28. The lowest BCUT2D eigenvalue weighted by Crippen LogP contribution is -2.43. The first-order valence-electron chi connectivity index (χ1n) is 26.9. The van der Waals surface area contributed by atoms with Crippen LogP contribution in [0, 0.1) is 46.4 Å². The lowest BCUT2D eigenvalue weighted by molar-refractivity contribution is -0.145. The minimum Gasteiger partial charge on any atom is -0.498 e. The monoisotopic (exact) mass is 1100 g/mol. The average molecular weight is 1100 g/mol. The summed E-state index contributed by atoms with van der Waals surface area (Å²) in [5, 5.41) is 14.7. The van der Waals surface area contributed by atoms with E-state index in [-0.39, 0.29) is 61.2 Å². The fourth-order valence-corrected chi connectivity index (χ4v) is 11.3. The van der Waals surface area contributed by atoms with Gasteiger partial charge in [-0.1, -0.05) is 45.9 Å². The smallest absolute Gasteiger partial charge is 0.339 e. The van der Waals surface area contributed by atoms with Crippen LogP contribution in [-0.2, 0) is 41.5 Å². The highest BCUT2D eigenvalue weighted by atomic mass is 19.3. The highest BCUT2D eigenvalue weighted by Crippen LogP contribution is 2.47. The van der Waals surface area contributed by atoms with Crippen LogP contribution in [0.25, 0.3) is 5.01 Å². The van der Waals surface area contributed by atoms with Gasteiger partial charge in [-0.2, -0.15) is 0 Å². The molecule has 4 saturated carbocycles. The molecule has 11 nitrogen and oxygen atoms in total. The van der Waals surface area contributed by atoms with E-state index in [1.54, 1.807) is 6.07 Å². The van der Waals surface area contributed by atoms with Gasteiger partial charge in [-0.05, 0) is 148 Å². The van der Waals surface area contributed by atoms with Crippen LogP contribution in [0.1, 0.15) is 153 Å². The van der Waals surface area contributed by atoms with Gasteiger partial charge in [0.25, 0.3) is 12.9 Å². The number of amides is 1. The first-order chi connectivity index (χ1) is 37.0. The molecule has 3 N–H and O–H groups in total. The van der Waals surface area contributed by atoms with Crippen molar-refractivity contribution >= 4 is 41.6 Å². The average Bonchev–Trinajstić information content (AvgIpc) is 4.20. The van der Waals surface area contributed by atoms with Gasteiger partial charge in [0.2, 0.25) is 17.8 Å². The molecule has 0 aliphatic heterocycles. The van der Waals surface area contributed by atoms with Crippen molar-refractivity contribution in [2.45, 2.75) is 172 Å². The maximum absolute atomic E-state index is 14.3. The fraction of sp³-hybridized carbons (Fsp3) is 0.525. The number of hydrogen-bond acceptors (Lipinski definition) is 9. The molecule has 4 aliphatic rings. The van der Waals surface area contributed by atoms with E-state index >= 15 is 0 Å². The highest BCUT2D eigenvalue weighted by Gasteiger charge is 2.42. The largest absolute Gasteiger partial charge is 0.498 e. The second-order valence-corrected chi connectivity index (χ2v) is 21.9. The van der Waals surface area contributed by atoms with E-state index in [9.17, 15) is 54.7 Å². The molecule has 4 fully saturated rings. The van der Waals surface area contributed by atoms with Crippen LogP contribution < -0.4 is 20.9 Å². The summed E-state index contributed by atoms with van der Waals surface area (Å²) >= 11 is 0. The van der Waals surface area contributed by atoms with Crippen LogP contribution in [-0.4, -0.2) is 55.9 Å². The van der Waals surface area contributed by atoms with Gasteiger partial charge in [0.05, 0.1) is 29.2 Å². The van der Waals surface area contributed by atoms with Crippen LogP contribution in [0.2, 0.25) is 0 Å². The van der Waals surface area contributed by atoms with Gasteiger partial charge in [-0.15, -0.1) is 0 Å². The molecule has 0 saturated heterocycles. The summed E-state index contributed by atoms with van der Waals surface area (Å²) < 4.78 is 119. The van der Waals surface area contributed by atoms with E-state index < -0.39 is 52.2 Å². The molecule has 0 unspecified atom stereocenters. The van der Waals surface area contributed by atoms with Crippen molar-refractivity contribution in [2.24, 2.45) is 11.8 Å². The Hall–Kier alpha value is -6.58. The third-order valence-corrected chi connectivity index (χ3v) is 15.2. The molecule has 4 aromatic carbocycles. The topological polar surface area (TPSA) is 142 Å². The summed E-state index contributed by atoms with van der Waals surface area (Å²) in [6.45, 7) is 10.7. The number of nitrogen functional groups attached to an aromatic ring is 1. The van der Waals surface area contributed by atoms with Gasteiger partial charge in [0.15, 0.2) is 0 Å². The van der Waals surface area contributed by atoms with Gasteiger partial charge in [-0.25, -0.2) is 35.1 Å². The van der Waals surface area contributed by atoms with E-state index in [2.05, 4.69) is 34.0 Å². The predicted molar refractivity (Wildman–Crippen MR) is 285 cm³/mol. The van der Waals surface area contributed by atoms with Crippen molar-refractivity contribution < 1.29 is 59.0 Å². The van der Waals surface area contributed by atoms with Crippen molar-refractivity contribution in [3.8, 4) is 6.07 Å². The lowest BCUT2D eigenvalue weighted by Gasteiger charge is -2.40. The second-order valence-electron chi connectivity index (χ2n) is 21.9. The summed E-state index contributed by atoms with van der Waals surface area (Å²) in [6.07, 6.45) is 7.42. The van der Waals surface area contributed by atoms with E-state index in [0.717, 1.165) is 86.1 Å². The van der Waals surface area contributed by atoms with Crippen molar-refractivity contribution in [3.05, 3.63) is 129 Å². The van der Waals surface area contributed by atoms with E-state index in [0.29, 0.717) is 87.1 Å². The zero-order valence-electron chi connectivity index (χ0n) is 44.7. The third kappa shape index (κ3) is 16.0. The number of halogens is 8. The molecule has 0 spiro atoms. The van der Waals surface area contributed by atoms with Crippen LogP contribution in [0.5, 0.6) is 0 Å². The zero-order valence-corrected chi connectivity index (χ0v) is 44.7. The molecule has 0 atom stereocenters. The van der Waals surface area contributed by atoms with Crippen LogP contribution in [0.15, 0.2) is 72.8 Å². The Kier molecular flexibility index (Phi) is 20.9. The molecule has 4 aliphatic carbocycles. The van der Waals surface area contributed by atoms with Gasteiger partial charge in [0.1, 0.15) is 40.0 Å². The molecule has 19 heteroatoms. The molecule has 0 bridgehead atoms. The Morgan fingerprint density at radius 1 is 0.667 bits per heavy atom. The number of anilines is 4.